The molecule has 1 aliphatic rings. The molecule has 1 fully saturated rings. The summed E-state index contributed by atoms with van der Waals surface area (Å²) >= 11 is 3.30. The first-order valence-corrected chi connectivity index (χ1v) is 8.88. The van der Waals surface area contributed by atoms with Gasteiger partial charge in [0.05, 0.1) is 17.6 Å². The van der Waals surface area contributed by atoms with Gasteiger partial charge in [0, 0.05) is 17.9 Å². The lowest BCUT2D eigenvalue weighted by Gasteiger charge is -2.36. The van der Waals surface area contributed by atoms with Crippen LogP contribution in [0.2, 0.25) is 0 Å². The second kappa shape index (κ2) is 6.09. The predicted molar refractivity (Wildman–Crippen MR) is 78.0 cm³/mol. The van der Waals surface area contributed by atoms with Crippen molar-refractivity contribution < 1.29 is 17.5 Å². The lowest BCUT2D eigenvalue weighted by Crippen LogP contribution is -2.51. The quantitative estimate of drug-likeness (QED) is 0.772. The monoisotopic (exact) mass is 365 g/mol. The first-order chi connectivity index (χ1) is 9.36. The highest BCUT2D eigenvalue weighted by atomic mass is 79.9. The Bertz CT molecular complexity index is 593. The third-order valence-corrected chi connectivity index (χ3v) is 6.20. The first-order valence-electron chi connectivity index (χ1n) is 6.32. The molecular weight excluding hydrogens is 349 g/mol. The molecule has 0 radical (unpaired) electrons. The van der Waals surface area contributed by atoms with Crippen molar-refractivity contribution in [1.29, 1.82) is 0 Å². The summed E-state index contributed by atoms with van der Waals surface area (Å²) in [4.78, 5) is 0.0274. The van der Waals surface area contributed by atoms with Crippen LogP contribution in [0.25, 0.3) is 0 Å². The SMILES string of the molecule is Cc1ccc(F)cc1S(=O)(=O)N1CC(CBr)OCC1C. The number of nitrogens with zero attached hydrogens (tertiary/aromatic N) is 1. The average Bonchev–Trinajstić information content (AvgIpc) is 2.41. The molecule has 1 aromatic rings. The van der Waals surface area contributed by atoms with Crippen molar-refractivity contribution in [2.45, 2.75) is 30.9 Å². The van der Waals surface area contributed by atoms with Gasteiger partial charge < -0.3 is 4.74 Å². The Morgan fingerprint density at radius 1 is 1.50 bits per heavy atom. The fourth-order valence-corrected chi connectivity index (χ4v) is 4.48. The Labute approximate surface area is 127 Å². The number of aryl methyl sites for hydroxylation is 1. The zero-order valence-electron chi connectivity index (χ0n) is 11.3. The van der Waals surface area contributed by atoms with Crippen LogP contribution in [0.4, 0.5) is 4.39 Å². The summed E-state index contributed by atoms with van der Waals surface area (Å²) in [6, 6.07) is 3.56. The van der Waals surface area contributed by atoms with Gasteiger partial charge in [0.15, 0.2) is 0 Å². The van der Waals surface area contributed by atoms with Gasteiger partial charge in [-0.05, 0) is 31.5 Å². The summed E-state index contributed by atoms with van der Waals surface area (Å²) in [5, 5.41) is 0.563. The number of rotatable bonds is 3. The van der Waals surface area contributed by atoms with Crippen LogP contribution in [-0.4, -0.2) is 43.4 Å². The highest BCUT2D eigenvalue weighted by molar-refractivity contribution is 9.09. The molecule has 4 nitrogen and oxygen atoms in total. The highest BCUT2D eigenvalue weighted by Crippen LogP contribution is 2.25. The second-order valence-electron chi connectivity index (χ2n) is 4.94. The Balaban J connectivity index is 2.40. The lowest BCUT2D eigenvalue weighted by atomic mass is 10.2. The van der Waals surface area contributed by atoms with Gasteiger partial charge in [-0.15, -0.1) is 0 Å². The predicted octanol–water partition coefficient (Wildman–Crippen LogP) is 2.31. The Morgan fingerprint density at radius 2 is 2.20 bits per heavy atom. The Kier molecular flexibility index (Phi) is 4.84. The molecular formula is C13H17BrFNO3S. The van der Waals surface area contributed by atoms with Crippen LogP contribution < -0.4 is 0 Å². The third kappa shape index (κ3) is 3.05. The largest absolute Gasteiger partial charge is 0.374 e. The molecule has 0 amide bonds. The first kappa shape index (κ1) is 15.9. The molecule has 1 saturated heterocycles. The van der Waals surface area contributed by atoms with Crippen molar-refractivity contribution in [3.05, 3.63) is 29.6 Å². The zero-order chi connectivity index (χ0) is 14.9. The number of hydrogen-bond acceptors (Lipinski definition) is 3. The van der Waals surface area contributed by atoms with Crippen LogP contribution in [0.3, 0.4) is 0 Å². The molecule has 0 aromatic heterocycles. The van der Waals surface area contributed by atoms with Gasteiger partial charge >= 0.3 is 0 Å². The normalized spacial score (nSPS) is 24.8. The van der Waals surface area contributed by atoms with Crippen molar-refractivity contribution >= 4 is 26.0 Å². The minimum absolute atomic E-state index is 0.0274. The van der Waals surface area contributed by atoms with Crippen molar-refractivity contribution in [3.8, 4) is 0 Å². The van der Waals surface area contributed by atoms with E-state index in [1.54, 1.807) is 13.8 Å². The van der Waals surface area contributed by atoms with E-state index in [0.717, 1.165) is 6.07 Å². The van der Waals surface area contributed by atoms with E-state index in [1.807, 2.05) is 0 Å². The summed E-state index contributed by atoms with van der Waals surface area (Å²) in [7, 11) is -3.71. The van der Waals surface area contributed by atoms with Gasteiger partial charge in [-0.2, -0.15) is 4.31 Å². The molecule has 1 heterocycles. The number of benzene rings is 1. The van der Waals surface area contributed by atoms with Gasteiger partial charge in [0.1, 0.15) is 5.82 Å². The van der Waals surface area contributed by atoms with Crippen LogP contribution in [-0.2, 0) is 14.8 Å². The molecule has 1 aliphatic heterocycles. The van der Waals surface area contributed by atoms with Gasteiger partial charge in [0.25, 0.3) is 0 Å². The maximum absolute atomic E-state index is 13.4. The van der Waals surface area contributed by atoms with E-state index >= 15 is 0 Å². The lowest BCUT2D eigenvalue weighted by molar-refractivity contribution is -0.0139. The molecule has 0 saturated carbocycles. The van der Waals surface area contributed by atoms with Crippen molar-refractivity contribution in [2.75, 3.05) is 18.5 Å². The number of hydrogen-bond donors (Lipinski definition) is 0. The maximum Gasteiger partial charge on any atom is 0.243 e. The fraction of sp³-hybridized carbons (Fsp3) is 0.538. The van der Waals surface area contributed by atoms with Crippen LogP contribution in [0.1, 0.15) is 12.5 Å². The van der Waals surface area contributed by atoms with Gasteiger partial charge in [0.2, 0.25) is 10.0 Å². The minimum Gasteiger partial charge on any atom is -0.374 e. The molecule has 112 valence electrons. The fourth-order valence-electron chi connectivity index (χ4n) is 2.20. The summed E-state index contributed by atoms with van der Waals surface area (Å²) in [6.07, 6.45) is -0.185. The molecule has 1 aromatic carbocycles. The van der Waals surface area contributed by atoms with Crippen LogP contribution in [0, 0.1) is 12.7 Å². The minimum atomic E-state index is -3.71. The van der Waals surface area contributed by atoms with E-state index in [9.17, 15) is 12.8 Å². The van der Waals surface area contributed by atoms with Crippen molar-refractivity contribution in [3.63, 3.8) is 0 Å². The van der Waals surface area contributed by atoms with Crippen LogP contribution in [0.5, 0.6) is 0 Å². The van der Waals surface area contributed by atoms with Gasteiger partial charge in [-0.1, -0.05) is 22.0 Å². The second-order valence-corrected chi connectivity index (χ2v) is 7.45. The maximum atomic E-state index is 13.4. The van der Waals surface area contributed by atoms with Gasteiger partial charge in [-0.25, -0.2) is 12.8 Å². The van der Waals surface area contributed by atoms with E-state index in [4.69, 9.17) is 4.74 Å². The third-order valence-electron chi connectivity index (χ3n) is 3.36. The van der Waals surface area contributed by atoms with Crippen LogP contribution in [0.15, 0.2) is 23.1 Å². The van der Waals surface area contributed by atoms with Gasteiger partial charge in [-0.3, -0.25) is 0 Å². The van der Waals surface area contributed by atoms with Crippen molar-refractivity contribution in [2.24, 2.45) is 0 Å². The number of alkyl halides is 1. The molecule has 0 aliphatic carbocycles. The average molecular weight is 366 g/mol. The molecule has 2 unspecified atom stereocenters. The Hall–Kier alpha value is -0.500. The summed E-state index contributed by atoms with van der Waals surface area (Å²) in [6.45, 7) is 4.06. The van der Waals surface area contributed by atoms with E-state index in [2.05, 4.69) is 15.9 Å². The van der Waals surface area contributed by atoms with E-state index in [-0.39, 0.29) is 23.6 Å². The molecule has 2 atom stereocenters. The number of ether oxygens (including phenoxy) is 1. The molecule has 0 N–H and O–H groups in total. The molecule has 0 bridgehead atoms. The summed E-state index contributed by atoms with van der Waals surface area (Å²) < 4.78 is 45.7. The number of halogens is 2. The molecule has 20 heavy (non-hydrogen) atoms. The number of sulfonamides is 1. The number of morpholine rings is 1. The smallest absolute Gasteiger partial charge is 0.243 e. The summed E-state index contributed by atoms with van der Waals surface area (Å²) in [5.41, 5.74) is 0.542. The molecule has 2 rings (SSSR count). The van der Waals surface area contributed by atoms with Crippen molar-refractivity contribution in [1.82, 2.24) is 4.31 Å². The van der Waals surface area contributed by atoms with E-state index in [0.29, 0.717) is 17.5 Å². The van der Waals surface area contributed by atoms with E-state index < -0.39 is 15.8 Å². The topological polar surface area (TPSA) is 46.6 Å². The molecule has 0 spiro atoms. The Morgan fingerprint density at radius 3 is 2.85 bits per heavy atom. The summed E-state index contributed by atoms with van der Waals surface area (Å²) in [5.74, 6) is -0.549. The molecule has 7 heteroatoms. The van der Waals surface area contributed by atoms with E-state index in [1.165, 1.54) is 16.4 Å². The highest BCUT2D eigenvalue weighted by Gasteiger charge is 2.36. The standard InChI is InChI=1S/C13H17BrFNO3S/c1-9-3-4-11(15)5-13(9)20(17,18)16-7-12(6-14)19-8-10(16)2/h3-5,10,12H,6-8H2,1-2H3. The zero-order valence-corrected chi connectivity index (χ0v) is 13.7. The van der Waals surface area contributed by atoms with Crippen LogP contribution >= 0.6 is 15.9 Å².